The zero-order chi connectivity index (χ0) is 9.90. The van der Waals surface area contributed by atoms with Gasteiger partial charge in [0.25, 0.3) is 0 Å². The van der Waals surface area contributed by atoms with E-state index >= 15 is 0 Å². The Morgan fingerprint density at radius 2 is 2.08 bits per heavy atom. The highest BCUT2D eigenvalue weighted by Gasteiger charge is 2.23. The van der Waals surface area contributed by atoms with Gasteiger partial charge in [0.15, 0.2) is 0 Å². The van der Waals surface area contributed by atoms with Crippen LogP contribution in [-0.2, 0) is 10.0 Å². The second-order valence-corrected chi connectivity index (χ2v) is 6.09. The van der Waals surface area contributed by atoms with Gasteiger partial charge in [0, 0.05) is 0 Å². The minimum Gasteiger partial charge on any atom is -0.218 e. The molecule has 1 rings (SSSR count). The molecular formula is C9H19NO2S. The molecule has 13 heavy (non-hydrogen) atoms. The second-order valence-electron chi connectivity index (χ2n) is 4.12. The largest absolute Gasteiger partial charge is 0.218 e. The van der Waals surface area contributed by atoms with Crippen LogP contribution in [0.5, 0.6) is 0 Å². The zero-order valence-electron chi connectivity index (χ0n) is 8.41. The molecule has 1 aliphatic rings. The predicted molar refractivity (Wildman–Crippen MR) is 54.0 cm³/mol. The number of hydrogen-bond donors (Lipinski definition) is 1. The standard InChI is InChI=1S/C9H19NO2S/c1-8-4-3-5-9(6-8)7-13(11,12)10-2/h8-10H,3-7H2,1-2H3. The Balaban J connectivity index is 2.45. The fourth-order valence-electron chi connectivity index (χ4n) is 2.10. The molecule has 2 atom stereocenters. The van der Waals surface area contributed by atoms with E-state index in [1.54, 1.807) is 0 Å². The zero-order valence-corrected chi connectivity index (χ0v) is 9.23. The van der Waals surface area contributed by atoms with Crippen LogP contribution in [0, 0.1) is 11.8 Å². The van der Waals surface area contributed by atoms with Gasteiger partial charge in [-0.3, -0.25) is 0 Å². The third-order valence-corrected chi connectivity index (χ3v) is 4.34. The molecule has 1 saturated carbocycles. The van der Waals surface area contributed by atoms with Gasteiger partial charge in [-0.15, -0.1) is 0 Å². The second kappa shape index (κ2) is 4.42. The van der Waals surface area contributed by atoms with Crippen molar-refractivity contribution in [3.63, 3.8) is 0 Å². The molecule has 2 unspecified atom stereocenters. The first-order chi connectivity index (χ1) is 6.03. The van der Waals surface area contributed by atoms with Crippen molar-refractivity contribution in [2.75, 3.05) is 12.8 Å². The fourth-order valence-corrected chi connectivity index (χ4v) is 3.19. The number of sulfonamides is 1. The summed E-state index contributed by atoms with van der Waals surface area (Å²) < 4.78 is 24.9. The quantitative estimate of drug-likeness (QED) is 0.756. The van der Waals surface area contributed by atoms with Gasteiger partial charge in [-0.25, -0.2) is 13.1 Å². The SMILES string of the molecule is CNS(=O)(=O)CC1CCCC(C)C1. The van der Waals surface area contributed by atoms with Crippen molar-refractivity contribution in [1.29, 1.82) is 0 Å². The highest BCUT2D eigenvalue weighted by molar-refractivity contribution is 7.89. The van der Waals surface area contributed by atoms with Crippen LogP contribution in [-0.4, -0.2) is 21.2 Å². The van der Waals surface area contributed by atoms with E-state index in [0.29, 0.717) is 17.6 Å². The van der Waals surface area contributed by atoms with E-state index in [1.807, 2.05) is 0 Å². The maximum Gasteiger partial charge on any atom is 0.211 e. The Bertz CT molecular complexity index is 248. The third-order valence-electron chi connectivity index (χ3n) is 2.81. The summed E-state index contributed by atoms with van der Waals surface area (Å²) in [7, 11) is -1.50. The van der Waals surface area contributed by atoms with Gasteiger partial charge in [-0.1, -0.05) is 19.8 Å². The van der Waals surface area contributed by atoms with Crippen LogP contribution < -0.4 is 4.72 Å². The molecule has 78 valence electrons. The molecule has 1 fully saturated rings. The third kappa shape index (κ3) is 3.65. The highest BCUT2D eigenvalue weighted by atomic mass is 32.2. The molecule has 0 spiro atoms. The van der Waals surface area contributed by atoms with Crippen LogP contribution >= 0.6 is 0 Å². The summed E-state index contributed by atoms with van der Waals surface area (Å²) in [6.45, 7) is 2.21. The van der Waals surface area contributed by atoms with Crippen LogP contribution in [0.1, 0.15) is 32.6 Å². The average molecular weight is 205 g/mol. The van der Waals surface area contributed by atoms with Crippen molar-refractivity contribution in [2.45, 2.75) is 32.6 Å². The molecule has 1 aliphatic carbocycles. The minimum atomic E-state index is -2.99. The molecule has 0 radical (unpaired) electrons. The van der Waals surface area contributed by atoms with Crippen LogP contribution in [0.25, 0.3) is 0 Å². The van der Waals surface area contributed by atoms with E-state index in [2.05, 4.69) is 11.6 Å². The van der Waals surface area contributed by atoms with Crippen LogP contribution in [0.3, 0.4) is 0 Å². The maximum atomic E-state index is 11.3. The number of rotatable bonds is 3. The molecule has 0 aliphatic heterocycles. The van der Waals surface area contributed by atoms with Gasteiger partial charge in [-0.05, 0) is 31.7 Å². The lowest BCUT2D eigenvalue weighted by molar-refractivity contribution is 0.302. The van der Waals surface area contributed by atoms with Crippen LogP contribution in [0.4, 0.5) is 0 Å². The average Bonchev–Trinajstić information content (AvgIpc) is 2.03. The molecule has 0 aromatic rings. The van der Waals surface area contributed by atoms with E-state index in [1.165, 1.54) is 19.9 Å². The molecular weight excluding hydrogens is 186 g/mol. The van der Waals surface area contributed by atoms with Crippen molar-refractivity contribution >= 4 is 10.0 Å². The van der Waals surface area contributed by atoms with E-state index < -0.39 is 10.0 Å². The maximum absolute atomic E-state index is 11.3. The van der Waals surface area contributed by atoms with Gasteiger partial charge in [0.2, 0.25) is 10.0 Å². The van der Waals surface area contributed by atoms with E-state index in [4.69, 9.17) is 0 Å². The van der Waals surface area contributed by atoms with Crippen molar-refractivity contribution in [2.24, 2.45) is 11.8 Å². The summed E-state index contributed by atoms with van der Waals surface area (Å²) in [6.07, 6.45) is 4.59. The molecule has 0 aromatic carbocycles. The molecule has 0 bridgehead atoms. The summed E-state index contributed by atoms with van der Waals surface area (Å²) in [5.74, 6) is 1.39. The van der Waals surface area contributed by atoms with Crippen molar-refractivity contribution in [1.82, 2.24) is 4.72 Å². The van der Waals surface area contributed by atoms with Gasteiger partial charge >= 0.3 is 0 Å². The van der Waals surface area contributed by atoms with E-state index in [9.17, 15) is 8.42 Å². The summed E-state index contributed by atoms with van der Waals surface area (Å²) in [5, 5.41) is 0. The normalized spacial score (nSPS) is 30.3. The Morgan fingerprint density at radius 1 is 1.38 bits per heavy atom. The van der Waals surface area contributed by atoms with Gasteiger partial charge in [-0.2, -0.15) is 0 Å². The Morgan fingerprint density at radius 3 is 2.62 bits per heavy atom. The molecule has 3 nitrogen and oxygen atoms in total. The lowest BCUT2D eigenvalue weighted by Gasteiger charge is -2.26. The lowest BCUT2D eigenvalue weighted by Crippen LogP contribution is -2.29. The first-order valence-corrected chi connectivity index (χ1v) is 6.60. The van der Waals surface area contributed by atoms with Crippen molar-refractivity contribution in [3.05, 3.63) is 0 Å². The van der Waals surface area contributed by atoms with Gasteiger partial charge in [0.05, 0.1) is 5.75 Å². The highest BCUT2D eigenvalue weighted by Crippen LogP contribution is 2.29. The van der Waals surface area contributed by atoms with Crippen molar-refractivity contribution in [3.8, 4) is 0 Å². The molecule has 0 heterocycles. The molecule has 4 heteroatoms. The minimum absolute atomic E-state index is 0.313. The molecule has 0 amide bonds. The Labute approximate surface area is 81.0 Å². The molecule has 1 N–H and O–H groups in total. The number of nitrogens with one attached hydrogen (secondary N) is 1. The van der Waals surface area contributed by atoms with Crippen LogP contribution in [0.2, 0.25) is 0 Å². The van der Waals surface area contributed by atoms with Crippen molar-refractivity contribution < 1.29 is 8.42 Å². The summed E-state index contributed by atoms with van der Waals surface area (Å²) in [5.41, 5.74) is 0. The summed E-state index contributed by atoms with van der Waals surface area (Å²) in [4.78, 5) is 0. The lowest BCUT2D eigenvalue weighted by atomic mass is 9.83. The van der Waals surface area contributed by atoms with Gasteiger partial charge < -0.3 is 0 Å². The Hall–Kier alpha value is -0.0900. The molecule has 0 saturated heterocycles. The topological polar surface area (TPSA) is 46.2 Å². The predicted octanol–water partition coefficient (Wildman–Crippen LogP) is 1.36. The van der Waals surface area contributed by atoms with E-state index in [-0.39, 0.29) is 0 Å². The first-order valence-electron chi connectivity index (χ1n) is 4.94. The summed E-state index contributed by atoms with van der Waals surface area (Å²) in [6, 6.07) is 0. The Kier molecular flexibility index (Phi) is 3.74. The smallest absolute Gasteiger partial charge is 0.211 e. The van der Waals surface area contributed by atoms with E-state index in [0.717, 1.165) is 12.8 Å². The first kappa shape index (κ1) is 11.0. The fraction of sp³-hybridized carbons (Fsp3) is 1.00. The number of hydrogen-bond acceptors (Lipinski definition) is 2. The summed E-state index contributed by atoms with van der Waals surface area (Å²) >= 11 is 0. The van der Waals surface area contributed by atoms with Gasteiger partial charge in [0.1, 0.15) is 0 Å². The van der Waals surface area contributed by atoms with Crippen LogP contribution in [0.15, 0.2) is 0 Å². The molecule has 0 aromatic heterocycles. The monoisotopic (exact) mass is 205 g/mol.